The van der Waals surface area contributed by atoms with E-state index in [9.17, 15) is 9.59 Å². The summed E-state index contributed by atoms with van der Waals surface area (Å²) < 4.78 is 0. The molecular weight excluding hydrogens is 244 g/mol. The third-order valence-electron chi connectivity index (χ3n) is 3.30. The molecule has 1 unspecified atom stereocenters. The molecule has 1 saturated heterocycles. The molecule has 0 saturated carbocycles. The van der Waals surface area contributed by atoms with Crippen LogP contribution >= 0.6 is 0 Å². The second-order valence-corrected chi connectivity index (χ2v) is 4.56. The summed E-state index contributed by atoms with van der Waals surface area (Å²) in [4.78, 5) is 25.9. The molecule has 1 atom stereocenters. The van der Waals surface area contributed by atoms with Gasteiger partial charge >= 0.3 is 0 Å². The van der Waals surface area contributed by atoms with E-state index in [-0.39, 0.29) is 24.7 Å². The summed E-state index contributed by atoms with van der Waals surface area (Å²) in [6, 6.07) is 8.48. The van der Waals surface area contributed by atoms with E-state index in [1.807, 2.05) is 11.0 Å². The fourth-order valence-corrected chi connectivity index (χ4v) is 2.30. The molecule has 0 aromatic heterocycles. The van der Waals surface area contributed by atoms with Crippen molar-refractivity contribution in [2.24, 2.45) is 0 Å². The van der Waals surface area contributed by atoms with Crippen molar-refractivity contribution in [2.45, 2.75) is 12.5 Å². The predicted molar refractivity (Wildman–Crippen MR) is 70.8 cm³/mol. The van der Waals surface area contributed by atoms with Gasteiger partial charge < -0.3 is 10.4 Å². The largest absolute Gasteiger partial charge is 0.395 e. The molecule has 0 spiro atoms. The molecule has 102 valence electrons. The molecule has 5 heteroatoms. The smallest absolute Gasteiger partial charge is 0.237 e. The Morgan fingerprint density at radius 1 is 1.37 bits per heavy atom. The summed E-state index contributed by atoms with van der Waals surface area (Å²) in [5.74, 6) is -0.186. The monoisotopic (exact) mass is 262 g/mol. The number of hydrogen-bond donors (Lipinski definition) is 2. The van der Waals surface area contributed by atoms with Crippen molar-refractivity contribution in [3.63, 3.8) is 0 Å². The van der Waals surface area contributed by atoms with Crippen molar-refractivity contribution in [2.75, 3.05) is 26.2 Å². The van der Waals surface area contributed by atoms with Gasteiger partial charge in [-0.25, -0.2) is 0 Å². The minimum absolute atomic E-state index is 0.0106. The Hall–Kier alpha value is -1.72. The highest BCUT2D eigenvalue weighted by Crippen LogP contribution is 2.12. The number of β-amino-alcohol motifs (C(OH)–C–C–N with tert-alkyl or cyclic N) is 1. The Morgan fingerprint density at radius 2 is 2.11 bits per heavy atom. The molecule has 1 aromatic carbocycles. The van der Waals surface area contributed by atoms with Gasteiger partial charge in [0.25, 0.3) is 0 Å². The molecule has 1 aliphatic heterocycles. The first-order valence-corrected chi connectivity index (χ1v) is 6.43. The third kappa shape index (κ3) is 3.39. The predicted octanol–water partition coefficient (Wildman–Crippen LogP) is 0.0521. The van der Waals surface area contributed by atoms with E-state index in [0.29, 0.717) is 25.2 Å². The van der Waals surface area contributed by atoms with E-state index >= 15 is 0 Å². The minimum atomic E-state index is -0.478. The van der Waals surface area contributed by atoms with Crippen molar-refractivity contribution in [3.8, 4) is 0 Å². The lowest BCUT2D eigenvalue weighted by Crippen LogP contribution is -2.56. The molecule has 2 rings (SSSR count). The number of benzene rings is 1. The van der Waals surface area contributed by atoms with Gasteiger partial charge in [-0.1, -0.05) is 30.3 Å². The number of nitrogens with one attached hydrogen (secondary N) is 1. The highest BCUT2D eigenvalue weighted by Gasteiger charge is 2.31. The van der Waals surface area contributed by atoms with Gasteiger partial charge in [-0.15, -0.1) is 0 Å². The minimum Gasteiger partial charge on any atom is -0.395 e. The fourth-order valence-electron chi connectivity index (χ4n) is 2.30. The number of hydrogen-bond acceptors (Lipinski definition) is 4. The maximum atomic E-state index is 12.1. The van der Waals surface area contributed by atoms with Crippen LogP contribution in [0.2, 0.25) is 0 Å². The maximum Gasteiger partial charge on any atom is 0.237 e. The van der Waals surface area contributed by atoms with E-state index in [1.54, 1.807) is 24.3 Å². The number of piperazine rings is 1. The summed E-state index contributed by atoms with van der Waals surface area (Å²) in [5, 5.41) is 11.8. The Morgan fingerprint density at radius 3 is 2.79 bits per heavy atom. The van der Waals surface area contributed by atoms with Crippen LogP contribution in [0.25, 0.3) is 0 Å². The second kappa shape index (κ2) is 6.45. The van der Waals surface area contributed by atoms with E-state index in [1.165, 1.54) is 0 Å². The van der Waals surface area contributed by atoms with Crippen molar-refractivity contribution in [1.82, 2.24) is 10.2 Å². The first kappa shape index (κ1) is 13.7. The molecule has 1 fully saturated rings. The highest BCUT2D eigenvalue weighted by molar-refractivity contribution is 5.99. The molecule has 1 amide bonds. The number of rotatable bonds is 5. The Bertz CT molecular complexity index is 445. The number of carbonyl (C=O) groups is 2. The summed E-state index contributed by atoms with van der Waals surface area (Å²) in [7, 11) is 0. The number of nitrogens with zero attached hydrogens (tertiary/aromatic N) is 1. The average Bonchev–Trinajstić information content (AvgIpc) is 2.44. The van der Waals surface area contributed by atoms with Crippen LogP contribution in [0.15, 0.2) is 30.3 Å². The third-order valence-corrected chi connectivity index (χ3v) is 3.30. The number of aliphatic hydroxyl groups is 1. The quantitative estimate of drug-likeness (QED) is 0.736. The Labute approximate surface area is 112 Å². The first-order valence-electron chi connectivity index (χ1n) is 6.43. The van der Waals surface area contributed by atoms with Crippen molar-refractivity contribution in [3.05, 3.63) is 35.9 Å². The maximum absolute atomic E-state index is 12.1. The highest BCUT2D eigenvalue weighted by atomic mass is 16.3. The van der Waals surface area contributed by atoms with Gasteiger partial charge in [0.1, 0.15) is 0 Å². The number of amides is 1. The molecule has 1 aromatic rings. The topological polar surface area (TPSA) is 69.6 Å². The van der Waals surface area contributed by atoms with Gasteiger partial charge in [-0.2, -0.15) is 0 Å². The van der Waals surface area contributed by atoms with Gasteiger partial charge in [-0.3, -0.25) is 14.5 Å². The van der Waals surface area contributed by atoms with E-state index in [2.05, 4.69) is 5.32 Å². The van der Waals surface area contributed by atoms with Crippen LogP contribution in [0.4, 0.5) is 0 Å². The number of carbonyl (C=O) groups excluding carboxylic acids is 2. The zero-order chi connectivity index (χ0) is 13.7. The fraction of sp³-hybridized carbons (Fsp3) is 0.429. The molecule has 0 aliphatic carbocycles. The SMILES string of the molecule is O=C(CC1C(=O)NCCN1CCO)c1ccccc1. The van der Waals surface area contributed by atoms with Crippen molar-refractivity contribution < 1.29 is 14.7 Å². The second-order valence-electron chi connectivity index (χ2n) is 4.56. The van der Waals surface area contributed by atoms with Gasteiger partial charge in [0.05, 0.1) is 12.6 Å². The standard InChI is InChI=1S/C14H18N2O3/c17-9-8-16-7-6-15-14(19)12(16)10-13(18)11-4-2-1-3-5-11/h1-5,12,17H,6-10H2,(H,15,19). The molecular formula is C14H18N2O3. The first-order chi connectivity index (χ1) is 9.22. The van der Waals surface area contributed by atoms with Crippen LogP contribution in [0.5, 0.6) is 0 Å². The Kier molecular flexibility index (Phi) is 4.65. The van der Waals surface area contributed by atoms with Gasteiger partial charge in [0, 0.05) is 31.6 Å². The van der Waals surface area contributed by atoms with Crippen LogP contribution in [0, 0.1) is 0 Å². The molecule has 19 heavy (non-hydrogen) atoms. The average molecular weight is 262 g/mol. The number of Topliss-reactive ketones (excluding diaryl/α,β-unsaturated/α-hetero) is 1. The summed E-state index contributed by atoms with van der Waals surface area (Å²) in [5.41, 5.74) is 0.616. The van der Waals surface area contributed by atoms with Crippen molar-refractivity contribution >= 4 is 11.7 Å². The zero-order valence-electron chi connectivity index (χ0n) is 10.7. The normalized spacial score (nSPS) is 20.1. The van der Waals surface area contributed by atoms with Gasteiger partial charge in [0.2, 0.25) is 5.91 Å². The van der Waals surface area contributed by atoms with Crippen LogP contribution in [-0.2, 0) is 4.79 Å². The molecule has 5 nitrogen and oxygen atoms in total. The molecule has 1 heterocycles. The van der Waals surface area contributed by atoms with Crippen LogP contribution < -0.4 is 5.32 Å². The van der Waals surface area contributed by atoms with E-state index < -0.39 is 6.04 Å². The summed E-state index contributed by atoms with van der Waals surface area (Å²) in [6.45, 7) is 1.64. The molecule has 2 N–H and O–H groups in total. The molecule has 0 radical (unpaired) electrons. The van der Waals surface area contributed by atoms with Crippen LogP contribution in [0.1, 0.15) is 16.8 Å². The van der Waals surface area contributed by atoms with Gasteiger partial charge in [0.15, 0.2) is 5.78 Å². The van der Waals surface area contributed by atoms with E-state index in [4.69, 9.17) is 5.11 Å². The van der Waals surface area contributed by atoms with Crippen LogP contribution in [0.3, 0.4) is 0 Å². The summed E-state index contributed by atoms with van der Waals surface area (Å²) >= 11 is 0. The molecule has 0 bridgehead atoms. The van der Waals surface area contributed by atoms with E-state index in [0.717, 1.165) is 0 Å². The lowest BCUT2D eigenvalue weighted by atomic mass is 10.0. The number of aliphatic hydroxyl groups excluding tert-OH is 1. The Balaban J connectivity index is 2.06. The zero-order valence-corrected chi connectivity index (χ0v) is 10.7. The van der Waals surface area contributed by atoms with Crippen LogP contribution in [-0.4, -0.2) is 54.0 Å². The molecule has 1 aliphatic rings. The number of ketones is 1. The summed E-state index contributed by atoms with van der Waals surface area (Å²) in [6.07, 6.45) is 0.149. The lowest BCUT2D eigenvalue weighted by Gasteiger charge is -2.34. The lowest BCUT2D eigenvalue weighted by molar-refractivity contribution is -0.129. The van der Waals surface area contributed by atoms with Gasteiger partial charge in [-0.05, 0) is 0 Å². The van der Waals surface area contributed by atoms with Crippen molar-refractivity contribution in [1.29, 1.82) is 0 Å².